The Morgan fingerprint density at radius 1 is 1.42 bits per heavy atom. The first kappa shape index (κ1) is 13.8. The third kappa shape index (κ3) is 3.68. The van der Waals surface area contributed by atoms with Crippen LogP contribution in [0.25, 0.3) is 0 Å². The summed E-state index contributed by atoms with van der Waals surface area (Å²) in [5.41, 5.74) is 1.45. The van der Waals surface area contributed by atoms with E-state index in [4.69, 9.17) is 0 Å². The number of nitrogens with one attached hydrogen (secondary N) is 2. The largest absolute Gasteiger partial charge is 0.506 e. The van der Waals surface area contributed by atoms with Gasteiger partial charge < -0.3 is 20.2 Å². The van der Waals surface area contributed by atoms with Crippen molar-refractivity contribution in [1.82, 2.24) is 5.32 Å². The van der Waals surface area contributed by atoms with Gasteiger partial charge in [-0.1, -0.05) is 6.07 Å². The number of quaternary nitrogens is 1. The molecule has 1 aliphatic rings. The van der Waals surface area contributed by atoms with Crippen LogP contribution in [0.5, 0.6) is 5.75 Å². The molecule has 5 heteroatoms. The number of phenols is 1. The fourth-order valence-electron chi connectivity index (χ4n) is 2.38. The van der Waals surface area contributed by atoms with Crippen molar-refractivity contribution in [2.45, 2.75) is 6.92 Å². The predicted octanol–water partition coefficient (Wildman–Crippen LogP) is 0.689. The minimum atomic E-state index is -0.0523. The van der Waals surface area contributed by atoms with E-state index in [0.29, 0.717) is 12.2 Å². The van der Waals surface area contributed by atoms with E-state index in [-0.39, 0.29) is 11.7 Å². The van der Waals surface area contributed by atoms with Crippen molar-refractivity contribution < 1.29 is 14.4 Å². The number of carbonyl (C=O) groups excluding carboxylic acids is 1. The number of amides is 1. The zero-order valence-electron chi connectivity index (χ0n) is 11.6. The van der Waals surface area contributed by atoms with Crippen LogP contribution < -0.4 is 10.6 Å². The molecule has 19 heavy (non-hydrogen) atoms. The minimum absolute atomic E-state index is 0.0523. The van der Waals surface area contributed by atoms with Crippen molar-refractivity contribution in [3.8, 4) is 5.75 Å². The maximum atomic E-state index is 12.1. The van der Waals surface area contributed by atoms with Crippen LogP contribution in [-0.4, -0.2) is 55.3 Å². The first-order valence-electron chi connectivity index (χ1n) is 6.62. The number of rotatable bonds is 3. The molecule has 0 radical (unpaired) electrons. The topological polar surface area (TPSA) is 61.4 Å². The molecule has 1 fully saturated rings. The van der Waals surface area contributed by atoms with Crippen LogP contribution in [0, 0.1) is 6.92 Å². The van der Waals surface area contributed by atoms with Gasteiger partial charge in [-0.2, -0.15) is 0 Å². The van der Waals surface area contributed by atoms with Crippen molar-refractivity contribution in [3.05, 3.63) is 23.8 Å². The van der Waals surface area contributed by atoms with Gasteiger partial charge in [0.05, 0.1) is 25.8 Å². The monoisotopic (exact) mass is 264 g/mol. The number of benzene rings is 1. The number of hydrogen-bond donors (Lipinski definition) is 3. The van der Waals surface area contributed by atoms with Crippen LogP contribution in [0.15, 0.2) is 18.2 Å². The highest BCUT2D eigenvalue weighted by Crippen LogP contribution is 2.23. The third-order valence-electron chi connectivity index (χ3n) is 3.61. The summed E-state index contributed by atoms with van der Waals surface area (Å²) in [6.07, 6.45) is 0. The smallest absolute Gasteiger partial charge is 0.279 e. The van der Waals surface area contributed by atoms with Crippen LogP contribution in [0.2, 0.25) is 0 Å². The van der Waals surface area contributed by atoms with Crippen LogP contribution >= 0.6 is 0 Å². The normalized spacial score (nSPS) is 18.0. The molecule has 0 aromatic heterocycles. The second-order valence-corrected chi connectivity index (χ2v) is 5.54. The molecule has 1 heterocycles. The average Bonchev–Trinajstić information content (AvgIpc) is 2.33. The summed E-state index contributed by atoms with van der Waals surface area (Å²) < 4.78 is 0.742. The molecular formula is C14H22N3O2+. The summed E-state index contributed by atoms with van der Waals surface area (Å²) in [6, 6.07) is 5.26. The van der Waals surface area contributed by atoms with E-state index in [0.717, 1.165) is 36.2 Å². The van der Waals surface area contributed by atoms with Gasteiger partial charge in [0, 0.05) is 13.1 Å². The van der Waals surface area contributed by atoms with E-state index in [1.54, 1.807) is 12.1 Å². The molecule has 1 aliphatic heterocycles. The average molecular weight is 264 g/mol. The third-order valence-corrected chi connectivity index (χ3v) is 3.61. The Morgan fingerprint density at radius 3 is 2.74 bits per heavy atom. The molecule has 5 nitrogen and oxygen atoms in total. The number of carbonyl (C=O) groups is 1. The summed E-state index contributed by atoms with van der Waals surface area (Å²) in [5.74, 6) is 0.0693. The highest BCUT2D eigenvalue weighted by Gasteiger charge is 2.27. The van der Waals surface area contributed by atoms with E-state index in [1.807, 2.05) is 13.0 Å². The van der Waals surface area contributed by atoms with E-state index in [1.165, 1.54) is 0 Å². The molecular weight excluding hydrogens is 242 g/mol. The molecule has 1 amide bonds. The summed E-state index contributed by atoms with van der Waals surface area (Å²) >= 11 is 0. The quantitative estimate of drug-likeness (QED) is 0.556. The molecule has 0 unspecified atom stereocenters. The molecule has 1 aromatic rings. The molecule has 2 rings (SSSR count). The molecule has 1 aromatic carbocycles. The van der Waals surface area contributed by atoms with Gasteiger partial charge in [-0.05, 0) is 24.6 Å². The highest BCUT2D eigenvalue weighted by molar-refractivity contribution is 5.93. The lowest BCUT2D eigenvalue weighted by Crippen LogP contribution is -2.58. The van der Waals surface area contributed by atoms with Crippen LogP contribution in [0.4, 0.5) is 5.69 Å². The highest BCUT2D eigenvalue weighted by atomic mass is 16.3. The van der Waals surface area contributed by atoms with E-state index in [2.05, 4.69) is 17.7 Å². The van der Waals surface area contributed by atoms with E-state index >= 15 is 0 Å². The zero-order chi connectivity index (χ0) is 13.9. The fraction of sp³-hybridized carbons (Fsp3) is 0.500. The number of phenolic OH excluding ortho intramolecular Hbond substituents is 1. The van der Waals surface area contributed by atoms with Gasteiger partial charge in [-0.15, -0.1) is 0 Å². The van der Waals surface area contributed by atoms with E-state index in [9.17, 15) is 9.90 Å². The number of aryl methyl sites for hydroxylation is 1. The van der Waals surface area contributed by atoms with Crippen molar-refractivity contribution in [1.29, 1.82) is 0 Å². The summed E-state index contributed by atoms with van der Waals surface area (Å²) in [5, 5.41) is 15.9. The maximum Gasteiger partial charge on any atom is 0.279 e. The Bertz CT molecular complexity index is 468. The number of aromatic hydroxyl groups is 1. The molecule has 1 saturated heterocycles. The Kier molecular flexibility index (Phi) is 4.07. The Morgan fingerprint density at radius 2 is 2.11 bits per heavy atom. The van der Waals surface area contributed by atoms with Crippen molar-refractivity contribution in [3.63, 3.8) is 0 Å². The molecule has 104 valence electrons. The van der Waals surface area contributed by atoms with Gasteiger partial charge in [-0.25, -0.2) is 0 Å². The van der Waals surface area contributed by atoms with E-state index < -0.39 is 0 Å². The van der Waals surface area contributed by atoms with Gasteiger partial charge in [-0.3, -0.25) is 4.79 Å². The second-order valence-electron chi connectivity index (χ2n) is 5.54. The number of anilines is 1. The standard InChI is InChI=1S/C14H21N3O2/c1-11-3-4-12(13(18)9-11)16-14(19)10-17(2)7-5-15-6-8-17/h3-4,9,15H,5-8,10H2,1-2H3,(H-,16,18,19)/p+1. The lowest BCUT2D eigenvalue weighted by Gasteiger charge is -2.37. The number of hydrogen-bond acceptors (Lipinski definition) is 3. The lowest BCUT2D eigenvalue weighted by molar-refractivity contribution is -0.903. The SMILES string of the molecule is Cc1ccc(NC(=O)C[N+]2(C)CCNCC2)c(O)c1. The molecule has 0 atom stereocenters. The maximum absolute atomic E-state index is 12.1. The van der Waals surface area contributed by atoms with Crippen LogP contribution in [0.1, 0.15) is 5.56 Å². The fourth-order valence-corrected chi connectivity index (χ4v) is 2.38. The zero-order valence-corrected chi connectivity index (χ0v) is 11.6. The number of nitrogens with zero attached hydrogens (tertiary/aromatic N) is 1. The molecule has 3 N–H and O–H groups in total. The Labute approximate surface area is 113 Å². The molecule has 0 aliphatic carbocycles. The van der Waals surface area contributed by atoms with Crippen molar-refractivity contribution in [2.24, 2.45) is 0 Å². The van der Waals surface area contributed by atoms with Crippen LogP contribution in [0.3, 0.4) is 0 Å². The summed E-state index contributed by atoms with van der Waals surface area (Å²) in [4.78, 5) is 12.1. The van der Waals surface area contributed by atoms with Gasteiger partial charge in [0.15, 0.2) is 6.54 Å². The first-order valence-corrected chi connectivity index (χ1v) is 6.62. The van der Waals surface area contributed by atoms with Crippen LogP contribution in [-0.2, 0) is 4.79 Å². The molecule has 0 bridgehead atoms. The number of likely N-dealkylation sites (N-methyl/N-ethyl adjacent to an activating group) is 1. The summed E-state index contributed by atoms with van der Waals surface area (Å²) in [7, 11) is 2.09. The Hall–Kier alpha value is -1.59. The van der Waals surface area contributed by atoms with Gasteiger partial charge in [0.25, 0.3) is 5.91 Å². The lowest BCUT2D eigenvalue weighted by atomic mass is 10.2. The first-order chi connectivity index (χ1) is 8.98. The second kappa shape index (κ2) is 5.59. The van der Waals surface area contributed by atoms with Gasteiger partial charge >= 0.3 is 0 Å². The molecule has 0 saturated carbocycles. The van der Waals surface area contributed by atoms with Gasteiger partial charge in [0.2, 0.25) is 0 Å². The van der Waals surface area contributed by atoms with Crippen molar-refractivity contribution >= 4 is 11.6 Å². The summed E-state index contributed by atoms with van der Waals surface area (Å²) in [6.45, 7) is 6.13. The number of piperazine rings is 1. The van der Waals surface area contributed by atoms with Gasteiger partial charge in [0.1, 0.15) is 5.75 Å². The Balaban J connectivity index is 1.97. The minimum Gasteiger partial charge on any atom is -0.506 e. The predicted molar refractivity (Wildman–Crippen MR) is 75.1 cm³/mol. The molecule has 0 spiro atoms. The van der Waals surface area contributed by atoms with Crippen molar-refractivity contribution in [2.75, 3.05) is 45.1 Å².